The summed E-state index contributed by atoms with van der Waals surface area (Å²) in [6.45, 7) is 4.29. The Morgan fingerprint density at radius 2 is 1.82 bits per heavy atom. The maximum Gasteiger partial charge on any atom is 0.409 e. The highest BCUT2D eigenvalue weighted by Gasteiger charge is 2.26. The normalized spacial score (nSPS) is 12.4. The van der Waals surface area contributed by atoms with Crippen molar-refractivity contribution in [2.75, 3.05) is 26.7 Å². The molecule has 0 aliphatic carbocycles. The molecule has 0 unspecified atom stereocenters. The summed E-state index contributed by atoms with van der Waals surface area (Å²) in [6.07, 6.45) is -4.79. The van der Waals surface area contributed by atoms with Gasteiger partial charge in [0.2, 0.25) is 0 Å². The van der Waals surface area contributed by atoms with E-state index in [1.807, 2.05) is 20.8 Å². The lowest BCUT2D eigenvalue weighted by Gasteiger charge is -2.30. The monoisotopic (exact) mass is 256 g/mol. The lowest BCUT2D eigenvalue weighted by atomic mass is 10.1. The van der Waals surface area contributed by atoms with Crippen LogP contribution in [0, 0.1) is 0 Å². The van der Waals surface area contributed by atoms with Gasteiger partial charge >= 0.3 is 12.3 Å². The van der Waals surface area contributed by atoms with Gasteiger partial charge in [-0.05, 0) is 20.8 Å². The molecule has 0 aromatic rings. The maximum atomic E-state index is 11.7. The Labute approximate surface area is 99.1 Å². The van der Waals surface area contributed by atoms with Crippen molar-refractivity contribution in [2.24, 2.45) is 0 Å². The molecule has 0 saturated heterocycles. The fourth-order valence-corrected chi connectivity index (χ4v) is 0.811. The van der Waals surface area contributed by atoms with Gasteiger partial charge in [-0.3, -0.25) is 0 Å². The maximum absolute atomic E-state index is 11.7. The number of alkyl halides is 3. The molecule has 7 heteroatoms. The average Bonchev–Trinajstić information content (AvgIpc) is 2.12. The molecule has 0 aromatic heterocycles. The summed E-state index contributed by atoms with van der Waals surface area (Å²) in [5.74, 6) is 0. The zero-order chi connectivity index (χ0) is 13.7. The number of hydrogen-bond acceptors (Lipinski definition) is 3. The highest BCUT2D eigenvalue weighted by atomic mass is 19.4. The van der Waals surface area contributed by atoms with Crippen LogP contribution < -0.4 is 5.32 Å². The van der Waals surface area contributed by atoms with Crippen molar-refractivity contribution >= 4 is 6.09 Å². The molecule has 4 nitrogen and oxygen atoms in total. The van der Waals surface area contributed by atoms with E-state index in [0.717, 1.165) is 0 Å². The van der Waals surface area contributed by atoms with Gasteiger partial charge in [-0.25, -0.2) is 4.79 Å². The zero-order valence-corrected chi connectivity index (χ0v) is 10.5. The Balaban J connectivity index is 3.73. The molecule has 0 spiro atoms. The smallest absolute Gasteiger partial charge is 0.409 e. The minimum atomic E-state index is -4.24. The van der Waals surface area contributed by atoms with Gasteiger partial charge in [-0.2, -0.15) is 13.2 Å². The van der Waals surface area contributed by atoms with Crippen molar-refractivity contribution in [3.63, 3.8) is 0 Å². The molecular formula is C10H19F3N2O2. The lowest BCUT2D eigenvalue weighted by molar-refractivity contribution is -0.124. The summed E-state index contributed by atoms with van der Waals surface area (Å²) in [7, 11) is 1.57. The summed E-state index contributed by atoms with van der Waals surface area (Å²) in [6, 6.07) is 0. The van der Waals surface area contributed by atoms with E-state index in [9.17, 15) is 18.0 Å². The predicted octanol–water partition coefficient (Wildman–Crippen LogP) is 2.01. The van der Waals surface area contributed by atoms with E-state index in [-0.39, 0.29) is 18.7 Å². The molecule has 0 heterocycles. The Kier molecular flexibility index (Phi) is 5.74. The number of hydrogen-bond donors (Lipinski definition) is 1. The first-order valence-corrected chi connectivity index (χ1v) is 5.22. The van der Waals surface area contributed by atoms with Crippen LogP contribution in [0.3, 0.4) is 0 Å². The van der Waals surface area contributed by atoms with Crippen LogP contribution in [0.5, 0.6) is 0 Å². The first-order chi connectivity index (χ1) is 7.54. The van der Waals surface area contributed by atoms with Crippen LogP contribution in [0.4, 0.5) is 18.0 Å². The molecule has 0 rings (SSSR count). The third-order valence-corrected chi connectivity index (χ3v) is 2.11. The van der Waals surface area contributed by atoms with Gasteiger partial charge in [0.1, 0.15) is 6.61 Å². The highest BCUT2D eigenvalue weighted by Crippen LogP contribution is 2.12. The molecule has 0 fully saturated rings. The van der Waals surface area contributed by atoms with Gasteiger partial charge in [0.15, 0.2) is 0 Å². The standard InChI is InChI=1S/C10H19F3N2O2/c1-9(2,3)15(4)8(16)17-6-5-14-7-10(11,12)13/h14H,5-7H2,1-4H3. The molecule has 0 aromatic carbocycles. The van der Waals surface area contributed by atoms with Gasteiger partial charge in [-0.15, -0.1) is 0 Å². The van der Waals surface area contributed by atoms with Crippen LogP contribution in [0.2, 0.25) is 0 Å². The average molecular weight is 256 g/mol. The second-order valence-electron chi connectivity index (χ2n) is 4.64. The molecule has 0 aliphatic heterocycles. The number of rotatable bonds is 4. The van der Waals surface area contributed by atoms with Gasteiger partial charge in [0.05, 0.1) is 6.54 Å². The highest BCUT2D eigenvalue weighted by molar-refractivity contribution is 5.68. The topological polar surface area (TPSA) is 41.6 Å². The minimum absolute atomic E-state index is 0.0246. The third kappa shape index (κ3) is 7.84. The molecule has 1 amide bonds. The van der Waals surface area contributed by atoms with Crippen molar-refractivity contribution < 1.29 is 22.7 Å². The van der Waals surface area contributed by atoms with Crippen LogP contribution >= 0.6 is 0 Å². The Morgan fingerprint density at radius 3 is 2.24 bits per heavy atom. The van der Waals surface area contributed by atoms with Crippen LogP contribution in [-0.2, 0) is 4.74 Å². The van der Waals surface area contributed by atoms with Crippen LogP contribution in [-0.4, -0.2) is 49.5 Å². The van der Waals surface area contributed by atoms with Gasteiger partial charge in [0, 0.05) is 19.1 Å². The van der Waals surface area contributed by atoms with Crippen molar-refractivity contribution in [1.29, 1.82) is 0 Å². The van der Waals surface area contributed by atoms with Crippen LogP contribution in [0.1, 0.15) is 20.8 Å². The van der Waals surface area contributed by atoms with Crippen molar-refractivity contribution in [1.82, 2.24) is 10.2 Å². The molecule has 0 saturated carbocycles. The molecule has 17 heavy (non-hydrogen) atoms. The Hall–Kier alpha value is -0.980. The van der Waals surface area contributed by atoms with E-state index in [0.29, 0.717) is 0 Å². The summed E-state index contributed by atoms with van der Waals surface area (Å²) < 4.78 is 40.0. The van der Waals surface area contributed by atoms with Crippen molar-refractivity contribution in [3.8, 4) is 0 Å². The van der Waals surface area contributed by atoms with Crippen LogP contribution in [0.25, 0.3) is 0 Å². The molecule has 1 N–H and O–H groups in total. The summed E-state index contributed by atoms with van der Waals surface area (Å²) in [5.41, 5.74) is -0.378. The van der Waals surface area contributed by atoms with E-state index in [1.54, 1.807) is 7.05 Å². The zero-order valence-electron chi connectivity index (χ0n) is 10.5. The quantitative estimate of drug-likeness (QED) is 0.782. The SMILES string of the molecule is CN(C(=O)OCCNCC(F)(F)F)C(C)(C)C. The number of carbonyl (C=O) groups is 1. The van der Waals surface area contributed by atoms with Gasteiger partial charge in [0.25, 0.3) is 0 Å². The first kappa shape index (κ1) is 16.0. The molecule has 0 aliphatic rings. The third-order valence-electron chi connectivity index (χ3n) is 2.11. The second kappa shape index (κ2) is 6.09. The van der Waals surface area contributed by atoms with Crippen molar-refractivity contribution in [2.45, 2.75) is 32.5 Å². The fourth-order valence-electron chi connectivity index (χ4n) is 0.811. The lowest BCUT2D eigenvalue weighted by Crippen LogP contribution is -2.43. The number of amides is 1. The number of nitrogens with zero attached hydrogens (tertiary/aromatic N) is 1. The number of ether oxygens (including phenoxy) is 1. The Bertz CT molecular complexity index is 249. The van der Waals surface area contributed by atoms with Gasteiger partial charge < -0.3 is 15.0 Å². The van der Waals surface area contributed by atoms with Crippen molar-refractivity contribution in [3.05, 3.63) is 0 Å². The summed E-state index contributed by atoms with van der Waals surface area (Å²) in [5, 5.41) is 2.14. The number of carbonyl (C=O) groups excluding carboxylic acids is 1. The number of halogens is 3. The molecular weight excluding hydrogens is 237 g/mol. The van der Waals surface area contributed by atoms with Gasteiger partial charge in [-0.1, -0.05) is 0 Å². The van der Waals surface area contributed by atoms with E-state index in [4.69, 9.17) is 4.74 Å². The predicted molar refractivity (Wildman–Crippen MR) is 57.8 cm³/mol. The Morgan fingerprint density at radius 1 is 1.29 bits per heavy atom. The molecule has 0 atom stereocenters. The summed E-state index contributed by atoms with van der Waals surface area (Å²) in [4.78, 5) is 12.8. The largest absolute Gasteiger partial charge is 0.448 e. The number of nitrogens with one attached hydrogen (secondary N) is 1. The molecule has 0 bridgehead atoms. The minimum Gasteiger partial charge on any atom is -0.448 e. The second-order valence-corrected chi connectivity index (χ2v) is 4.64. The van der Waals surface area contributed by atoms with E-state index in [2.05, 4.69) is 5.32 Å². The van der Waals surface area contributed by atoms with Crippen LogP contribution in [0.15, 0.2) is 0 Å². The van der Waals surface area contributed by atoms with E-state index >= 15 is 0 Å². The summed E-state index contributed by atoms with van der Waals surface area (Å²) >= 11 is 0. The molecule has 102 valence electrons. The van der Waals surface area contributed by atoms with E-state index < -0.39 is 18.8 Å². The van der Waals surface area contributed by atoms with E-state index in [1.165, 1.54) is 4.90 Å². The first-order valence-electron chi connectivity index (χ1n) is 5.22. The fraction of sp³-hybridized carbons (Fsp3) is 0.900. The molecule has 0 radical (unpaired) electrons.